The van der Waals surface area contributed by atoms with Crippen LogP contribution in [0.25, 0.3) is 10.2 Å². The van der Waals surface area contributed by atoms with Crippen LogP contribution in [0.5, 0.6) is 0 Å². The molecule has 4 rings (SSSR count). The number of nitrogens with zero attached hydrogens (tertiary/aromatic N) is 4. The second kappa shape index (κ2) is 7.65. The summed E-state index contributed by atoms with van der Waals surface area (Å²) >= 11 is 1.70. The van der Waals surface area contributed by atoms with Crippen molar-refractivity contribution in [2.24, 2.45) is 5.73 Å². The molecule has 2 N–H and O–H groups in total. The first-order valence-electron chi connectivity index (χ1n) is 9.21. The highest BCUT2D eigenvalue weighted by atomic mass is 32.1. The summed E-state index contributed by atoms with van der Waals surface area (Å²) in [4.78, 5) is 9.62. The van der Waals surface area contributed by atoms with Gasteiger partial charge in [-0.25, -0.2) is 4.98 Å². The summed E-state index contributed by atoms with van der Waals surface area (Å²) in [6, 6.07) is 16.0. The number of nitrogens with two attached hydrogens (primary N) is 1. The molecule has 27 heavy (non-hydrogen) atoms. The fourth-order valence-corrected chi connectivity index (χ4v) is 4.62. The Morgan fingerprint density at radius 1 is 1.19 bits per heavy atom. The first kappa shape index (κ1) is 17.9. The van der Waals surface area contributed by atoms with Gasteiger partial charge in [-0.05, 0) is 43.3 Å². The number of fused-ring (bicyclic) bond motifs is 1. The summed E-state index contributed by atoms with van der Waals surface area (Å²) in [6.07, 6.45) is 0.680. The Hall–Kier alpha value is -2.46. The van der Waals surface area contributed by atoms with Crippen molar-refractivity contribution in [2.45, 2.75) is 12.5 Å². The smallest absolute Gasteiger partial charge is 0.111 e. The third-order valence-electron chi connectivity index (χ3n) is 5.08. The average Bonchev–Trinajstić information content (AvgIpc) is 3.13. The highest BCUT2D eigenvalue weighted by Gasteiger charge is 2.20. The van der Waals surface area contributed by atoms with E-state index in [0.717, 1.165) is 42.3 Å². The molecule has 0 radical (unpaired) electrons. The van der Waals surface area contributed by atoms with Crippen LogP contribution in [0.2, 0.25) is 0 Å². The molecule has 2 aromatic carbocycles. The second-order valence-corrected chi connectivity index (χ2v) is 8.12. The fraction of sp³-hybridized carbons (Fsp3) is 0.333. The van der Waals surface area contributed by atoms with Crippen molar-refractivity contribution in [3.05, 3.63) is 58.6 Å². The lowest BCUT2D eigenvalue weighted by molar-refractivity contribution is 0.313. The van der Waals surface area contributed by atoms with E-state index < -0.39 is 0 Å². The van der Waals surface area contributed by atoms with E-state index >= 15 is 0 Å². The fourth-order valence-electron chi connectivity index (χ4n) is 3.52. The number of aromatic nitrogens is 1. The lowest BCUT2D eigenvalue weighted by Crippen LogP contribution is -2.44. The first-order valence-corrected chi connectivity index (χ1v) is 10.0. The molecule has 0 amide bonds. The van der Waals surface area contributed by atoms with E-state index in [1.54, 1.807) is 11.3 Å². The second-order valence-electron chi connectivity index (χ2n) is 7.09. The van der Waals surface area contributed by atoms with E-state index in [4.69, 9.17) is 16.0 Å². The maximum atomic E-state index is 9.08. The predicted octanol–water partition coefficient (Wildman–Crippen LogP) is 3.16. The molecule has 1 atom stereocenters. The Bertz CT molecular complexity index is 982. The van der Waals surface area contributed by atoms with Crippen molar-refractivity contribution in [3.8, 4) is 6.07 Å². The van der Waals surface area contributed by atoms with Crippen molar-refractivity contribution in [3.63, 3.8) is 0 Å². The molecule has 138 valence electrons. The van der Waals surface area contributed by atoms with Gasteiger partial charge in [0.15, 0.2) is 0 Å². The molecule has 5 nitrogen and oxygen atoms in total. The van der Waals surface area contributed by atoms with Gasteiger partial charge in [-0.1, -0.05) is 18.2 Å². The summed E-state index contributed by atoms with van der Waals surface area (Å²) < 4.78 is 1.22. The molecular formula is C21H23N5S. The van der Waals surface area contributed by atoms with Crippen molar-refractivity contribution in [1.82, 2.24) is 9.88 Å². The number of hydrogen-bond acceptors (Lipinski definition) is 6. The zero-order valence-corrected chi connectivity index (χ0v) is 16.2. The van der Waals surface area contributed by atoms with Crippen LogP contribution in [0.3, 0.4) is 0 Å². The van der Waals surface area contributed by atoms with Gasteiger partial charge in [0.2, 0.25) is 0 Å². The van der Waals surface area contributed by atoms with E-state index in [1.807, 2.05) is 24.3 Å². The molecule has 1 aromatic heterocycles. The topological polar surface area (TPSA) is 69.2 Å². The largest absolute Gasteiger partial charge is 0.368 e. The summed E-state index contributed by atoms with van der Waals surface area (Å²) in [5.74, 6) is 0. The van der Waals surface area contributed by atoms with Gasteiger partial charge < -0.3 is 15.5 Å². The van der Waals surface area contributed by atoms with Crippen molar-refractivity contribution < 1.29 is 0 Å². The average molecular weight is 378 g/mol. The zero-order valence-electron chi connectivity index (χ0n) is 15.4. The molecule has 1 saturated heterocycles. The maximum absolute atomic E-state index is 9.08. The number of piperazine rings is 1. The summed E-state index contributed by atoms with van der Waals surface area (Å²) in [7, 11) is 2.17. The van der Waals surface area contributed by atoms with Crippen LogP contribution in [0, 0.1) is 11.3 Å². The van der Waals surface area contributed by atoms with Crippen LogP contribution >= 0.6 is 11.3 Å². The minimum atomic E-state index is -0.170. The number of anilines is 1. The summed E-state index contributed by atoms with van der Waals surface area (Å²) in [6.45, 7) is 4.24. The molecule has 6 heteroatoms. The van der Waals surface area contributed by atoms with Crippen LogP contribution < -0.4 is 10.6 Å². The number of rotatable bonds is 4. The molecule has 0 aliphatic carbocycles. The molecular weight excluding hydrogens is 354 g/mol. The van der Waals surface area contributed by atoms with E-state index in [-0.39, 0.29) is 6.04 Å². The van der Waals surface area contributed by atoms with Gasteiger partial charge in [0.25, 0.3) is 0 Å². The molecule has 1 unspecified atom stereocenters. The van der Waals surface area contributed by atoms with Gasteiger partial charge in [-0.15, -0.1) is 11.3 Å². The van der Waals surface area contributed by atoms with E-state index in [2.05, 4.69) is 41.1 Å². The SMILES string of the molecule is CN1CCN(c2cccc3nc(C(N)Cc4cccc(C#N)c4)sc23)CC1. The Kier molecular flexibility index (Phi) is 5.08. The van der Waals surface area contributed by atoms with Crippen molar-refractivity contribution in [2.75, 3.05) is 38.1 Å². The molecule has 0 spiro atoms. The molecule has 1 aliphatic rings. The Morgan fingerprint density at radius 2 is 1.96 bits per heavy atom. The van der Waals surface area contributed by atoms with E-state index in [9.17, 15) is 0 Å². The van der Waals surface area contributed by atoms with Crippen molar-refractivity contribution >= 4 is 27.2 Å². The highest BCUT2D eigenvalue weighted by Crippen LogP contribution is 2.35. The van der Waals surface area contributed by atoms with E-state index in [1.165, 1.54) is 10.4 Å². The molecule has 1 aliphatic heterocycles. The Morgan fingerprint density at radius 3 is 2.74 bits per heavy atom. The quantitative estimate of drug-likeness (QED) is 0.756. The maximum Gasteiger partial charge on any atom is 0.111 e. The van der Waals surface area contributed by atoms with E-state index in [0.29, 0.717) is 12.0 Å². The van der Waals surface area contributed by atoms with Gasteiger partial charge in [0, 0.05) is 26.2 Å². The Labute approximate surface area is 163 Å². The molecule has 0 saturated carbocycles. The lowest BCUT2D eigenvalue weighted by Gasteiger charge is -2.34. The Balaban J connectivity index is 1.59. The van der Waals surface area contributed by atoms with Gasteiger partial charge in [-0.3, -0.25) is 0 Å². The lowest BCUT2D eigenvalue weighted by atomic mass is 10.0. The predicted molar refractivity (Wildman–Crippen MR) is 111 cm³/mol. The van der Waals surface area contributed by atoms with Gasteiger partial charge in [-0.2, -0.15) is 5.26 Å². The molecule has 0 bridgehead atoms. The van der Waals surface area contributed by atoms with Gasteiger partial charge >= 0.3 is 0 Å². The van der Waals surface area contributed by atoms with Crippen LogP contribution in [0.4, 0.5) is 5.69 Å². The summed E-state index contributed by atoms with van der Waals surface area (Å²) in [5.41, 5.74) is 10.5. The molecule has 3 aromatic rings. The standard InChI is InChI=1S/C21H23N5S/c1-25-8-10-26(11-9-25)19-7-3-6-18-20(19)27-21(24-18)17(23)13-15-4-2-5-16(12-15)14-22/h2-7,12,17H,8-11,13,23H2,1H3. The number of likely N-dealkylation sites (N-methyl/N-ethyl adjacent to an activating group) is 1. The number of thiazole rings is 1. The van der Waals surface area contributed by atoms with Crippen LogP contribution in [0.1, 0.15) is 22.2 Å². The number of hydrogen-bond donors (Lipinski definition) is 1. The number of nitriles is 1. The third-order valence-corrected chi connectivity index (χ3v) is 6.31. The van der Waals surface area contributed by atoms with Gasteiger partial charge in [0.1, 0.15) is 5.01 Å². The van der Waals surface area contributed by atoms with Gasteiger partial charge in [0.05, 0.1) is 33.6 Å². The minimum Gasteiger partial charge on any atom is -0.368 e. The van der Waals surface area contributed by atoms with Crippen LogP contribution in [0.15, 0.2) is 42.5 Å². The third kappa shape index (κ3) is 3.81. The van der Waals surface area contributed by atoms with Crippen molar-refractivity contribution in [1.29, 1.82) is 5.26 Å². The van der Waals surface area contributed by atoms with Crippen LogP contribution in [-0.2, 0) is 6.42 Å². The first-order chi connectivity index (χ1) is 13.1. The highest BCUT2D eigenvalue weighted by molar-refractivity contribution is 7.19. The molecule has 2 heterocycles. The number of benzene rings is 2. The summed E-state index contributed by atoms with van der Waals surface area (Å²) in [5, 5.41) is 10.0. The zero-order chi connectivity index (χ0) is 18.8. The molecule has 1 fully saturated rings. The van der Waals surface area contributed by atoms with Crippen LogP contribution in [-0.4, -0.2) is 43.1 Å². The minimum absolute atomic E-state index is 0.170. The normalized spacial score (nSPS) is 16.4. The monoisotopic (exact) mass is 377 g/mol.